The molecule has 0 spiro atoms. The van der Waals surface area contributed by atoms with Gasteiger partial charge < -0.3 is 15.2 Å². The van der Waals surface area contributed by atoms with Crippen molar-refractivity contribution in [2.24, 2.45) is 11.1 Å². The van der Waals surface area contributed by atoms with Crippen molar-refractivity contribution in [1.29, 1.82) is 0 Å². The molecule has 0 aliphatic carbocycles. The average molecular weight is 259 g/mol. The summed E-state index contributed by atoms with van der Waals surface area (Å²) in [6.07, 6.45) is 2.14. The van der Waals surface area contributed by atoms with Crippen LogP contribution in [0.5, 0.6) is 0 Å². The zero-order valence-electron chi connectivity index (χ0n) is 13.4. The molecule has 0 aromatic carbocycles. The molecule has 3 heteroatoms. The third-order valence-electron chi connectivity index (χ3n) is 2.64. The predicted octanol–water partition coefficient (Wildman–Crippen LogP) is 3.36. The maximum atomic E-state index is 5.90. The first-order valence-corrected chi connectivity index (χ1v) is 7.03. The number of rotatable bonds is 8. The lowest BCUT2D eigenvalue weighted by Gasteiger charge is -2.32. The van der Waals surface area contributed by atoms with E-state index in [4.69, 9.17) is 15.2 Å². The van der Waals surface area contributed by atoms with Gasteiger partial charge in [-0.25, -0.2) is 0 Å². The van der Waals surface area contributed by atoms with Gasteiger partial charge in [0.1, 0.15) is 0 Å². The molecule has 2 atom stereocenters. The minimum absolute atomic E-state index is 0.0913. The van der Waals surface area contributed by atoms with Crippen molar-refractivity contribution < 1.29 is 9.47 Å². The Morgan fingerprint density at radius 1 is 1.00 bits per heavy atom. The number of hydrogen-bond donors (Lipinski definition) is 1. The number of nitrogens with two attached hydrogens (primary N) is 1. The van der Waals surface area contributed by atoms with E-state index >= 15 is 0 Å². The van der Waals surface area contributed by atoms with Crippen molar-refractivity contribution in [2.75, 3.05) is 13.2 Å². The molecule has 0 amide bonds. The molecule has 0 radical (unpaired) electrons. The lowest BCUT2D eigenvalue weighted by Crippen LogP contribution is -2.32. The van der Waals surface area contributed by atoms with Gasteiger partial charge in [-0.2, -0.15) is 0 Å². The highest BCUT2D eigenvalue weighted by Gasteiger charge is 2.25. The Labute approximate surface area is 113 Å². The largest absolute Gasteiger partial charge is 0.376 e. The summed E-state index contributed by atoms with van der Waals surface area (Å²) in [5, 5.41) is 0. The Hall–Kier alpha value is -0.120. The van der Waals surface area contributed by atoms with Crippen LogP contribution in [-0.2, 0) is 9.47 Å². The summed E-state index contributed by atoms with van der Waals surface area (Å²) < 4.78 is 11.6. The van der Waals surface area contributed by atoms with Crippen molar-refractivity contribution in [1.82, 2.24) is 0 Å². The SMILES string of the molecule is CC(N)CC(C)OCCOC(C)(C)CC(C)(C)C. The van der Waals surface area contributed by atoms with Crippen LogP contribution < -0.4 is 5.73 Å². The molecule has 110 valence electrons. The van der Waals surface area contributed by atoms with E-state index in [0.29, 0.717) is 13.2 Å². The molecule has 0 fully saturated rings. The van der Waals surface area contributed by atoms with Gasteiger partial charge in [-0.3, -0.25) is 0 Å². The third-order valence-corrected chi connectivity index (χ3v) is 2.64. The van der Waals surface area contributed by atoms with Gasteiger partial charge >= 0.3 is 0 Å². The van der Waals surface area contributed by atoms with Crippen molar-refractivity contribution in [2.45, 2.75) is 79.1 Å². The van der Waals surface area contributed by atoms with Crippen molar-refractivity contribution in [3.8, 4) is 0 Å². The molecule has 0 bridgehead atoms. The fourth-order valence-corrected chi connectivity index (χ4v) is 2.49. The fraction of sp³-hybridized carbons (Fsp3) is 1.00. The van der Waals surface area contributed by atoms with Gasteiger partial charge in [0.2, 0.25) is 0 Å². The zero-order chi connectivity index (χ0) is 14.4. The molecular weight excluding hydrogens is 226 g/mol. The Morgan fingerprint density at radius 2 is 1.56 bits per heavy atom. The molecule has 0 saturated carbocycles. The van der Waals surface area contributed by atoms with Crippen LogP contribution in [-0.4, -0.2) is 31.0 Å². The molecule has 3 nitrogen and oxygen atoms in total. The molecule has 0 aromatic rings. The van der Waals surface area contributed by atoms with Crippen LogP contribution >= 0.6 is 0 Å². The second kappa shape index (κ2) is 7.46. The first-order valence-electron chi connectivity index (χ1n) is 7.03. The molecule has 0 rings (SSSR count). The molecule has 2 N–H and O–H groups in total. The summed E-state index contributed by atoms with van der Waals surface area (Å²) in [6, 6.07) is 0.193. The Bertz CT molecular complexity index is 219. The summed E-state index contributed by atoms with van der Waals surface area (Å²) in [6.45, 7) is 16.3. The molecule has 18 heavy (non-hydrogen) atoms. The van der Waals surface area contributed by atoms with Crippen LogP contribution in [0.3, 0.4) is 0 Å². The quantitative estimate of drug-likeness (QED) is 0.680. The van der Waals surface area contributed by atoms with Crippen LogP contribution in [0.15, 0.2) is 0 Å². The summed E-state index contributed by atoms with van der Waals surface area (Å²) in [5.41, 5.74) is 5.92. The van der Waals surface area contributed by atoms with Crippen molar-refractivity contribution in [3.63, 3.8) is 0 Å². The molecule has 0 aromatic heterocycles. The second-order valence-electron chi connectivity index (χ2n) is 7.24. The molecular formula is C15H33NO2. The van der Waals surface area contributed by atoms with Crippen molar-refractivity contribution >= 4 is 0 Å². The van der Waals surface area contributed by atoms with Crippen LogP contribution in [0.1, 0.15) is 61.3 Å². The van der Waals surface area contributed by atoms with Gasteiger partial charge in [0, 0.05) is 6.04 Å². The minimum atomic E-state index is -0.0913. The third kappa shape index (κ3) is 11.0. The van der Waals surface area contributed by atoms with Crippen molar-refractivity contribution in [3.05, 3.63) is 0 Å². The van der Waals surface area contributed by atoms with E-state index in [9.17, 15) is 0 Å². The minimum Gasteiger partial charge on any atom is -0.376 e. The summed E-state index contributed by atoms with van der Waals surface area (Å²) >= 11 is 0. The van der Waals surface area contributed by atoms with Crippen LogP contribution in [0.2, 0.25) is 0 Å². The van der Waals surface area contributed by atoms with Gasteiger partial charge in [0.15, 0.2) is 0 Å². The molecule has 0 saturated heterocycles. The smallest absolute Gasteiger partial charge is 0.0707 e. The zero-order valence-corrected chi connectivity index (χ0v) is 13.4. The molecule has 2 unspecified atom stereocenters. The maximum Gasteiger partial charge on any atom is 0.0707 e. The van der Waals surface area contributed by atoms with Crippen LogP contribution in [0.25, 0.3) is 0 Å². The van der Waals surface area contributed by atoms with E-state index in [0.717, 1.165) is 12.8 Å². The average Bonchev–Trinajstić information content (AvgIpc) is 2.07. The lowest BCUT2D eigenvalue weighted by atomic mass is 9.84. The highest BCUT2D eigenvalue weighted by molar-refractivity contribution is 4.76. The second-order valence-corrected chi connectivity index (χ2v) is 7.24. The number of ether oxygens (including phenoxy) is 2. The molecule has 0 aliphatic heterocycles. The Kier molecular flexibility index (Phi) is 7.41. The first-order chi connectivity index (χ1) is 8.02. The van der Waals surface area contributed by atoms with E-state index in [2.05, 4.69) is 41.5 Å². The van der Waals surface area contributed by atoms with Gasteiger partial charge in [-0.1, -0.05) is 20.8 Å². The normalized spacial score (nSPS) is 16.7. The Balaban J connectivity index is 3.77. The molecule has 0 heterocycles. The summed E-state index contributed by atoms with van der Waals surface area (Å²) in [4.78, 5) is 0. The lowest BCUT2D eigenvalue weighted by molar-refractivity contribution is -0.0750. The summed E-state index contributed by atoms with van der Waals surface area (Å²) in [7, 11) is 0. The van der Waals surface area contributed by atoms with E-state index < -0.39 is 0 Å². The van der Waals surface area contributed by atoms with E-state index in [-0.39, 0.29) is 23.2 Å². The highest BCUT2D eigenvalue weighted by Crippen LogP contribution is 2.29. The predicted molar refractivity (Wildman–Crippen MR) is 77.8 cm³/mol. The van der Waals surface area contributed by atoms with E-state index in [1.54, 1.807) is 0 Å². The Morgan fingerprint density at radius 3 is 2.00 bits per heavy atom. The highest BCUT2D eigenvalue weighted by atomic mass is 16.5. The fourth-order valence-electron chi connectivity index (χ4n) is 2.49. The molecule has 0 aliphatic rings. The van der Waals surface area contributed by atoms with Gasteiger partial charge in [0.05, 0.1) is 24.9 Å². The van der Waals surface area contributed by atoms with E-state index in [1.165, 1.54) is 0 Å². The summed E-state index contributed by atoms with van der Waals surface area (Å²) in [5.74, 6) is 0. The van der Waals surface area contributed by atoms with Gasteiger partial charge in [-0.15, -0.1) is 0 Å². The van der Waals surface area contributed by atoms with Crippen LogP contribution in [0.4, 0.5) is 0 Å². The first kappa shape index (κ1) is 17.9. The van der Waals surface area contributed by atoms with Gasteiger partial charge in [0.25, 0.3) is 0 Å². The monoisotopic (exact) mass is 259 g/mol. The number of hydrogen-bond acceptors (Lipinski definition) is 3. The van der Waals surface area contributed by atoms with Gasteiger partial charge in [-0.05, 0) is 46.0 Å². The maximum absolute atomic E-state index is 5.90. The standard InChI is InChI=1S/C15H33NO2/c1-12(16)10-13(2)17-8-9-18-15(6,7)11-14(3,4)5/h12-13H,8-11,16H2,1-7H3. The van der Waals surface area contributed by atoms with E-state index in [1.807, 2.05) is 6.92 Å². The topological polar surface area (TPSA) is 44.5 Å². The van der Waals surface area contributed by atoms with Crippen LogP contribution in [0, 0.1) is 5.41 Å².